The Morgan fingerprint density at radius 3 is 1.48 bits per heavy atom. The van der Waals surface area contributed by atoms with Gasteiger partial charge in [-0.1, -0.05) is 93.5 Å². The van der Waals surface area contributed by atoms with Gasteiger partial charge in [0.25, 0.3) is 0 Å². The van der Waals surface area contributed by atoms with Crippen LogP contribution in [0.3, 0.4) is 0 Å². The van der Waals surface area contributed by atoms with E-state index in [1.54, 1.807) is 6.34 Å². The summed E-state index contributed by atoms with van der Waals surface area (Å²) in [6.45, 7) is 21.4. The van der Waals surface area contributed by atoms with E-state index in [0.717, 1.165) is 11.4 Å². The number of aliphatic imine (C=N–C) groups is 1. The van der Waals surface area contributed by atoms with Crippen LogP contribution in [0.4, 0.5) is 11.4 Å². The molecule has 0 aliphatic heterocycles. The lowest BCUT2D eigenvalue weighted by molar-refractivity contribution is 0.562. The SMILES string of the molecule is CC(C)P(=O)(C(C)C)N(/C=N/c1ccc(C(C)(C)C)cc1)c1ccc(C(C)(C)C)cc1. The Bertz CT molecular complexity index is 915. The van der Waals surface area contributed by atoms with E-state index in [0.29, 0.717) is 0 Å². The highest BCUT2D eigenvalue weighted by atomic mass is 31.2. The highest BCUT2D eigenvalue weighted by Gasteiger charge is 2.37. The summed E-state index contributed by atoms with van der Waals surface area (Å²) in [6.07, 6.45) is 1.78. The first-order valence-corrected chi connectivity index (χ1v) is 13.1. The van der Waals surface area contributed by atoms with Crippen LogP contribution >= 0.6 is 7.29 Å². The lowest BCUT2D eigenvalue weighted by Gasteiger charge is -2.36. The van der Waals surface area contributed by atoms with Gasteiger partial charge < -0.3 is 0 Å². The van der Waals surface area contributed by atoms with Gasteiger partial charge in [-0.3, -0.25) is 9.24 Å². The molecule has 0 spiro atoms. The van der Waals surface area contributed by atoms with E-state index in [1.165, 1.54) is 11.1 Å². The number of rotatable bonds is 6. The van der Waals surface area contributed by atoms with Crippen molar-refractivity contribution in [2.24, 2.45) is 4.99 Å². The summed E-state index contributed by atoms with van der Waals surface area (Å²) in [6, 6.07) is 16.7. The standard InChI is InChI=1S/C27H41N2OP/c1-20(2)31(30,21(3)4)29(25-17-13-23(14-18-25)27(8,9)10)19-28-24-15-11-22(12-16-24)26(5,6)7/h11-21H,1-10H3/b28-19+. The van der Waals surface area contributed by atoms with Gasteiger partial charge in [0, 0.05) is 17.0 Å². The second kappa shape index (κ2) is 9.33. The molecule has 170 valence electrons. The van der Waals surface area contributed by atoms with Crippen molar-refractivity contribution >= 4 is 25.0 Å². The van der Waals surface area contributed by atoms with Crippen LogP contribution < -0.4 is 4.67 Å². The van der Waals surface area contributed by atoms with E-state index in [4.69, 9.17) is 4.99 Å². The van der Waals surface area contributed by atoms with Crippen LogP contribution in [0.15, 0.2) is 53.5 Å². The first-order valence-electron chi connectivity index (χ1n) is 11.3. The Balaban J connectivity index is 2.50. The molecule has 0 atom stereocenters. The smallest absolute Gasteiger partial charge is 0.182 e. The average Bonchev–Trinajstić information content (AvgIpc) is 2.67. The first-order chi connectivity index (χ1) is 14.2. The van der Waals surface area contributed by atoms with Crippen LogP contribution in [0.5, 0.6) is 0 Å². The number of hydrogen-bond acceptors (Lipinski definition) is 2. The lowest BCUT2D eigenvalue weighted by Crippen LogP contribution is -2.27. The van der Waals surface area contributed by atoms with Crippen molar-refractivity contribution < 1.29 is 4.57 Å². The molecule has 2 aromatic rings. The fourth-order valence-corrected chi connectivity index (χ4v) is 6.60. The minimum atomic E-state index is -2.74. The highest BCUT2D eigenvalue weighted by Crippen LogP contribution is 2.59. The Morgan fingerprint density at radius 1 is 0.742 bits per heavy atom. The van der Waals surface area contributed by atoms with E-state index in [-0.39, 0.29) is 22.1 Å². The highest BCUT2D eigenvalue weighted by molar-refractivity contribution is 7.67. The first kappa shape index (κ1) is 25.4. The van der Waals surface area contributed by atoms with Crippen LogP contribution in [0.25, 0.3) is 0 Å². The van der Waals surface area contributed by atoms with E-state index in [1.807, 2.05) is 44.5 Å². The molecule has 0 unspecified atom stereocenters. The van der Waals surface area contributed by atoms with Crippen molar-refractivity contribution in [1.29, 1.82) is 0 Å². The normalized spacial score (nSPS) is 13.4. The molecule has 0 aliphatic carbocycles. The quantitative estimate of drug-likeness (QED) is 0.256. The molecule has 0 aliphatic rings. The van der Waals surface area contributed by atoms with E-state index in [9.17, 15) is 4.57 Å². The molecule has 0 N–H and O–H groups in total. The second-order valence-corrected chi connectivity index (χ2v) is 14.9. The molecule has 0 fully saturated rings. The molecule has 0 radical (unpaired) electrons. The molecular formula is C27H41N2OP. The Morgan fingerprint density at radius 2 is 1.13 bits per heavy atom. The van der Waals surface area contributed by atoms with Gasteiger partial charge in [-0.2, -0.15) is 0 Å². The summed E-state index contributed by atoms with van der Waals surface area (Å²) < 4.78 is 16.2. The molecule has 3 nitrogen and oxygen atoms in total. The molecule has 2 aromatic carbocycles. The van der Waals surface area contributed by atoms with Gasteiger partial charge in [0.1, 0.15) is 6.34 Å². The minimum absolute atomic E-state index is 0.0181. The number of hydrogen-bond donors (Lipinski definition) is 0. The summed E-state index contributed by atoms with van der Waals surface area (Å²) in [4.78, 5) is 4.74. The van der Waals surface area contributed by atoms with Crippen molar-refractivity contribution in [3.63, 3.8) is 0 Å². The molecule has 31 heavy (non-hydrogen) atoms. The minimum Gasteiger partial charge on any atom is -0.299 e. The molecule has 0 amide bonds. The number of nitrogens with zero attached hydrogens (tertiary/aromatic N) is 2. The van der Waals surface area contributed by atoms with Gasteiger partial charge in [-0.15, -0.1) is 0 Å². The summed E-state index contributed by atoms with van der Waals surface area (Å²) in [5.74, 6) is 0. The number of anilines is 1. The maximum atomic E-state index is 14.2. The van der Waals surface area contributed by atoms with Gasteiger partial charge in [0.05, 0.1) is 5.69 Å². The maximum Gasteiger partial charge on any atom is 0.182 e. The van der Waals surface area contributed by atoms with Crippen molar-refractivity contribution in [3.05, 3.63) is 59.7 Å². The molecular weight excluding hydrogens is 399 g/mol. The summed E-state index contributed by atoms with van der Waals surface area (Å²) in [5.41, 5.74) is 4.54. The molecule has 0 heterocycles. The van der Waals surface area contributed by atoms with Gasteiger partial charge >= 0.3 is 0 Å². The molecule has 0 saturated carbocycles. The topological polar surface area (TPSA) is 32.7 Å². The van der Waals surface area contributed by atoms with E-state index < -0.39 is 7.29 Å². The van der Waals surface area contributed by atoms with Crippen molar-refractivity contribution in [1.82, 2.24) is 0 Å². The maximum absolute atomic E-state index is 14.2. The van der Waals surface area contributed by atoms with E-state index >= 15 is 0 Å². The van der Waals surface area contributed by atoms with Crippen LogP contribution in [0.1, 0.15) is 80.4 Å². The second-order valence-electron chi connectivity index (χ2n) is 11.0. The molecule has 0 bridgehead atoms. The van der Waals surface area contributed by atoms with Gasteiger partial charge in [-0.05, 0) is 46.2 Å². The van der Waals surface area contributed by atoms with Crippen molar-refractivity contribution in [3.8, 4) is 0 Å². The largest absolute Gasteiger partial charge is 0.299 e. The van der Waals surface area contributed by atoms with Gasteiger partial charge in [-0.25, -0.2) is 4.99 Å². The molecule has 0 aromatic heterocycles. The Kier molecular flexibility index (Phi) is 7.64. The third-order valence-corrected chi connectivity index (χ3v) is 9.83. The van der Waals surface area contributed by atoms with Crippen molar-refractivity contribution in [2.45, 2.75) is 91.4 Å². The van der Waals surface area contributed by atoms with Gasteiger partial charge in [0.2, 0.25) is 0 Å². The lowest BCUT2D eigenvalue weighted by atomic mass is 9.87. The predicted molar refractivity (Wildman–Crippen MR) is 139 cm³/mol. The monoisotopic (exact) mass is 440 g/mol. The summed E-state index contributed by atoms with van der Waals surface area (Å²) in [7, 11) is -2.74. The fourth-order valence-electron chi connectivity index (χ4n) is 3.70. The van der Waals surface area contributed by atoms with Crippen LogP contribution in [-0.2, 0) is 15.4 Å². The summed E-state index contributed by atoms with van der Waals surface area (Å²) >= 11 is 0. The van der Waals surface area contributed by atoms with Crippen molar-refractivity contribution in [2.75, 3.05) is 4.67 Å². The summed E-state index contributed by atoms with van der Waals surface area (Å²) in [5, 5.41) is 0. The third kappa shape index (κ3) is 5.89. The van der Waals surface area contributed by atoms with E-state index in [2.05, 4.69) is 77.9 Å². The number of benzene rings is 2. The Labute approximate surface area is 190 Å². The van der Waals surface area contributed by atoms with Gasteiger partial charge in [0.15, 0.2) is 7.29 Å². The van der Waals surface area contributed by atoms with Crippen LogP contribution in [-0.4, -0.2) is 17.7 Å². The zero-order valence-corrected chi connectivity index (χ0v) is 22.0. The zero-order valence-electron chi connectivity index (χ0n) is 21.1. The molecule has 4 heteroatoms. The molecule has 0 saturated heterocycles. The van der Waals surface area contributed by atoms with Crippen LogP contribution in [0, 0.1) is 0 Å². The van der Waals surface area contributed by atoms with Crippen LogP contribution in [0.2, 0.25) is 0 Å². The zero-order chi connectivity index (χ0) is 23.6. The molecule has 2 rings (SSSR count). The average molecular weight is 441 g/mol. The third-order valence-electron chi connectivity index (χ3n) is 5.86. The predicted octanol–water partition coefficient (Wildman–Crippen LogP) is 8.54. The Hall–Kier alpha value is -1.86. The fraction of sp³-hybridized carbons (Fsp3) is 0.519.